The van der Waals surface area contributed by atoms with E-state index in [2.05, 4.69) is 20.7 Å². The Morgan fingerprint density at radius 1 is 1.48 bits per heavy atom. The minimum absolute atomic E-state index is 0.0301. The highest BCUT2D eigenvalue weighted by Crippen LogP contribution is 2.33. The second-order valence-electron chi connectivity index (χ2n) is 4.41. The Labute approximate surface area is 137 Å². The summed E-state index contributed by atoms with van der Waals surface area (Å²) in [5, 5.41) is 9.01. The number of nitrogen functional groups attached to an aromatic ring is 1. The lowest BCUT2D eigenvalue weighted by Crippen LogP contribution is -2.12. The first-order valence-electron chi connectivity index (χ1n) is 6.08. The van der Waals surface area contributed by atoms with Gasteiger partial charge in [0.05, 0.1) is 24.0 Å². The number of nitrogens with two attached hydrogens (primary N) is 1. The van der Waals surface area contributed by atoms with Crippen LogP contribution in [0.4, 0.5) is 18.9 Å². The summed E-state index contributed by atoms with van der Waals surface area (Å²) in [6.45, 7) is 0. The van der Waals surface area contributed by atoms with Gasteiger partial charge < -0.3 is 15.0 Å². The molecule has 0 atom stereocenters. The Bertz CT molecular complexity index is 804. The monoisotopic (exact) mass is 387 g/mol. The number of benzene rings is 1. The molecule has 0 fully saturated rings. The molecule has 23 heavy (non-hydrogen) atoms. The average molecular weight is 388 g/mol. The molecule has 0 aliphatic heterocycles. The van der Waals surface area contributed by atoms with Crippen molar-refractivity contribution in [1.29, 1.82) is 5.26 Å². The molecule has 1 aromatic heterocycles. The number of hydrogen-bond donors (Lipinski definition) is 1. The summed E-state index contributed by atoms with van der Waals surface area (Å²) >= 11 is 2.99. The Morgan fingerprint density at radius 3 is 2.61 bits per heavy atom. The van der Waals surface area contributed by atoms with Crippen LogP contribution in [0.25, 0.3) is 5.69 Å². The molecule has 0 aliphatic rings. The minimum Gasteiger partial charge on any atom is -0.464 e. The summed E-state index contributed by atoms with van der Waals surface area (Å²) in [5.41, 5.74) is 4.41. The lowest BCUT2D eigenvalue weighted by atomic mass is 10.2. The Balaban J connectivity index is 2.78. The summed E-state index contributed by atoms with van der Waals surface area (Å²) in [5.74, 6) is -1.91. The SMILES string of the molecule is COC(=O)c1c(N)c(C#N)cn1-c1c(F)cc(C(F)F)cc1Br. The molecule has 0 unspecified atom stereocenters. The van der Waals surface area contributed by atoms with Crippen LogP contribution in [0, 0.1) is 17.1 Å². The van der Waals surface area contributed by atoms with Gasteiger partial charge in [0.15, 0.2) is 5.69 Å². The highest BCUT2D eigenvalue weighted by Gasteiger charge is 2.25. The van der Waals surface area contributed by atoms with Crippen molar-refractivity contribution in [3.05, 3.63) is 45.4 Å². The standard InChI is InChI=1S/C14H9BrF3N3O2/c1-23-14(22)12-10(20)7(4-19)5-21(12)11-8(15)2-6(13(17)18)3-9(11)16/h2-3,5,13H,20H2,1H3. The lowest BCUT2D eigenvalue weighted by Gasteiger charge is -2.13. The number of anilines is 1. The fourth-order valence-electron chi connectivity index (χ4n) is 2.03. The third kappa shape index (κ3) is 2.90. The van der Waals surface area contributed by atoms with E-state index < -0.39 is 23.8 Å². The maximum atomic E-state index is 14.3. The molecule has 2 aromatic rings. The van der Waals surface area contributed by atoms with Crippen LogP contribution >= 0.6 is 15.9 Å². The fourth-order valence-corrected chi connectivity index (χ4v) is 2.68. The van der Waals surface area contributed by atoms with Crippen molar-refractivity contribution in [2.45, 2.75) is 6.43 Å². The zero-order chi connectivity index (χ0) is 17.3. The number of carbonyl (C=O) groups is 1. The Kier molecular flexibility index (Phi) is 4.65. The maximum absolute atomic E-state index is 14.3. The zero-order valence-electron chi connectivity index (χ0n) is 11.6. The molecule has 0 amide bonds. The van der Waals surface area contributed by atoms with E-state index in [4.69, 9.17) is 11.0 Å². The van der Waals surface area contributed by atoms with Crippen molar-refractivity contribution >= 4 is 27.6 Å². The summed E-state index contributed by atoms with van der Waals surface area (Å²) in [6, 6.07) is 3.43. The molecular formula is C14H9BrF3N3O2. The minimum atomic E-state index is -2.86. The molecule has 2 N–H and O–H groups in total. The summed E-state index contributed by atoms with van der Waals surface area (Å²) in [4.78, 5) is 11.9. The summed E-state index contributed by atoms with van der Waals surface area (Å²) < 4.78 is 45.3. The Morgan fingerprint density at radius 2 is 2.13 bits per heavy atom. The second-order valence-corrected chi connectivity index (χ2v) is 5.27. The number of methoxy groups -OCH3 is 1. The predicted octanol–water partition coefficient (Wildman–Crippen LogP) is 3.56. The second kappa shape index (κ2) is 6.34. The molecule has 0 radical (unpaired) electrons. The number of rotatable bonds is 3. The zero-order valence-corrected chi connectivity index (χ0v) is 13.2. The van der Waals surface area contributed by atoms with Gasteiger partial charge in [0.25, 0.3) is 6.43 Å². The van der Waals surface area contributed by atoms with Crippen LogP contribution in [0.15, 0.2) is 22.8 Å². The molecule has 0 aliphatic carbocycles. The number of halogens is 4. The smallest absolute Gasteiger partial charge is 0.357 e. The highest BCUT2D eigenvalue weighted by molar-refractivity contribution is 9.10. The van der Waals surface area contributed by atoms with Crippen molar-refractivity contribution in [1.82, 2.24) is 4.57 Å². The van der Waals surface area contributed by atoms with Crippen LogP contribution in [0.3, 0.4) is 0 Å². The van der Waals surface area contributed by atoms with Crippen LogP contribution in [0.2, 0.25) is 0 Å². The number of hydrogen-bond acceptors (Lipinski definition) is 4. The van der Waals surface area contributed by atoms with E-state index in [9.17, 15) is 18.0 Å². The van der Waals surface area contributed by atoms with Crippen molar-refractivity contribution < 1.29 is 22.7 Å². The first-order chi connectivity index (χ1) is 10.8. The van der Waals surface area contributed by atoms with Crippen LogP contribution in [0.1, 0.15) is 28.0 Å². The number of alkyl halides is 2. The number of nitriles is 1. The van der Waals surface area contributed by atoms with Gasteiger partial charge in [0.1, 0.15) is 11.9 Å². The predicted molar refractivity (Wildman–Crippen MR) is 78.9 cm³/mol. The lowest BCUT2D eigenvalue weighted by molar-refractivity contribution is 0.0593. The third-order valence-electron chi connectivity index (χ3n) is 3.08. The summed E-state index contributed by atoms with van der Waals surface area (Å²) in [6.07, 6.45) is -1.73. The molecular weight excluding hydrogens is 379 g/mol. The highest BCUT2D eigenvalue weighted by atomic mass is 79.9. The van der Waals surface area contributed by atoms with E-state index in [0.717, 1.165) is 23.9 Å². The number of aromatic nitrogens is 1. The summed E-state index contributed by atoms with van der Waals surface area (Å²) in [7, 11) is 1.09. The van der Waals surface area contributed by atoms with Gasteiger partial charge in [-0.25, -0.2) is 18.0 Å². The first kappa shape index (κ1) is 16.9. The molecule has 2 rings (SSSR count). The van der Waals surface area contributed by atoms with Crippen molar-refractivity contribution in [2.75, 3.05) is 12.8 Å². The molecule has 0 saturated carbocycles. The van der Waals surface area contributed by atoms with Crippen molar-refractivity contribution in [3.8, 4) is 11.8 Å². The fraction of sp³-hybridized carbons (Fsp3) is 0.143. The van der Waals surface area contributed by atoms with Gasteiger partial charge in [-0.3, -0.25) is 0 Å². The van der Waals surface area contributed by atoms with Crippen LogP contribution in [0.5, 0.6) is 0 Å². The van der Waals surface area contributed by atoms with Gasteiger partial charge in [0.2, 0.25) is 0 Å². The van der Waals surface area contributed by atoms with Crippen LogP contribution in [-0.4, -0.2) is 17.6 Å². The molecule has 1 aromatic carbocycles. The van der Waals surface area contributed by atoms with Gasteiger partial charge in [-0.15, -0.1) is 0 Å². The van der Waals surface area contributed by atoms with Gasteiger partial charge in [0, 0.05) is 16.2 Å². The van der Waals surface area contributed by atoms with E-state index in [0.29, 0.717) is 6.07 Å². The van der Waals surface area contributed by atoms with Crippen LogP contribution < -0.4 is 5.73 Å². The molecule has 5 nitrogen and oxygen atoms in total. The van der Waals surface area contributed by atoms with E-state index in [1.54, 1.807) is 6.07 Å². The quantitative estimate of drug-likeness (QED) is 0.816. The van der Waals surface area contributed by atoms with E-state index in [1.165, 1.54) is 0 Å². The number of carbonyl (C=O) groups excluding carboxylic acids is 1. The molecule has 0 spiro atoms. The van der Waals surface area contributed by atoms with E-state index >= 15 is 0 Å². The van der Waals surface area contributed by atoms with E-state index in [1.807, 2.05) is 0 Å². The third-order valence-corrected chi connectivity index (χ3v) is 3.68. The van der Waals surface area contributed by atoms with Gasteiger partial charge >= 0.3 is 5.97 Å². The maximum Gasteiger partial charge on any atom is 0.357 e. The molecule has 0 bridgehead atoms. The van der Waals surface area contributed by atoms with Crippen molar-refractivity contribution in [2.24, 2.45) is 0 Å². The Hall–Kier alpha value is -2.47. The molecule has 120 valence electrons. The van der Waals surface area contributed by atoms with Crippen LogP contribution in [-0.2, 0) is 4.74 Å². The molecule has 9 heteroatoms. The number of ether oxygens (including phenoxy) is 1. The van der Waals surface area contributed by atoms with Gasteiger partial charge in [-0.2, -0.15) is 5.26 Å². The van der Waals surface area contributed by atoms with E-state index in [-0.39, 0.29) is 27.1 Å². The van der Waals surface area contributed by atoms with Gasteiger partial charge in [-0.05, 0) is 28.1 Å². The number of nitrogens with zero attached hydrogens (tertiary/aromatic N) is 2. The molecule has 0 saturated heterocycles. The largest absolute Gasteiger partial charge is 0.464 e. The topological polar surface area (TPSA) is 81.0 Å². The normalized spacial score (nSPS) is 10.7. The number of esters is 1. The van der Waals surface area contributed by atoms with Gasteiger partial charge in [-0.1, -0.05) is 0 Å². The van der Waals surface area contributed by atoms with Crippen molar-refractivity contribution in [3.63, 3.8) is 0 Å². The first-order valence-corrected chi connectivity index (χ1v) is 6.87. The average Bonchev–Trinajstić information content (AvgIpc) is 2.82. The molecule has 1 heterocycles.